The van der Waals surface area contributed by atoms with Gasteiger partial charge >= 0.3 is 0 Å². The SMILES string of the molecule is O=C(c1ccccc1)N1CCN(S(=O)(=O)c2ccccc2F)CC1. The third-order valence-corrected chi connectivity index (χ3v) is 5.93. The molecule has 0 atom stereocenters. The summed E-state index contributed by atoms with van der Waals surface area (Å²) in [5.41, 5.74) is 0.572. The molecule has 0 saturated carbocycles. The second kappa shape index (κ2) is 6.70. The van der Waals surface area contributed by atoms with Crippen molar-refractivity contribution >= 4 is 15.9 Å². The minimum absolute atomic E-state index is 0.126. The molecule has 2 aromatic rings. The van der Waals surface area contributed by atoms with E-state index in [0.29, 0.717) is 5.56 Å². The molecule has 0 aromatic heterocycles. The molecule has 7 heteroatoms. The third kappa shape index (κ3) is 3.18. The van der Waals surface area contributed by atoms with E-state index < -0.39 is 15.8 Å². The van der Waals surface area contributed by atoms with E-state index in [9.17, 15) is 17.6 Å². The second-order valence-corrected chi connectivity index (χ2v) is 7.40. The van der Waals surface area contributed by atoms with Crippen LogP contribution in [0.15, 0.2) is 59.5 Å². The van der Waals surface area contributed by atoms with Gasteiger partial charge in [0.15, 0.2) is 0 Å². The van der Waals surface area contributed by atoms with Gasteiger partial charge in [-0.05, 0) is 24.3 Å². The number of carbonyl (C=O) groups excluding carboxylic acids is 1. The van der Waals surface area contributed by atoms with Crippen molar-refractivity contribution in [2.24, 2.45) is 0 Å². The fourth-order valence-electron chi connectivity index (χ4n) is 2.69. The van der Waals surface area contributed by atoms with Crippen molar-refractivity contribution < 1.29 is 17.6 Å². The summed E-state index contributed by atoms with van der Waals surface area (Å²) < 4.78 is 40.1. The highest BCUT2D eigenvalue weighted by molar-refractivity contribution is 7.89. The van der Waals surface area contributed by atoms with E-state index in [2.05, 4.69) is 0 Å². The summed E-state index contributed by atoms with van der Waals surface area (Å²) in [5.74, 6) is -0.890. The normalized spacial score (nSPS) is 16.1. The Hall–Kier alpha value is -2.25. The van der Waals surface area contributed by atoms with Gasteiger partial charge in [0.25, 0.3) is 5.91 Å². The van der Waals surface area contributed by atoms with E-state index in [1.54, 1.807) is 29.2 Å². The lowest BCUT2D eigenvalue weighted by atomic mass is 10.2. The van der Waals surface area contributed by atoms with Crippen LogP contribution in [0.2, 0.25) is 0 Å². The van der Waals surface area contributed by atoms with Crippen molar-refractivity contribution in [2.75, 3.05) is 26.2 Å². The third-order valence-electron chi connectivity index (χ3n) is 4.00. The molecule has 1 saturated heterocycles. The standard InChI is InChI=1S/C17H17FN2O3S/c18-15-8-4-5-9-16(15)24(22,23)20-12-10-19(11-13-20)17(21)14-6-2-1-3-7-14/h1-9H,10-13H2. The second-order valence-electron chi connectivity index (χ2n) is 5.49. The first-order valence-electron chi connectivity index (χ1n) is 7.59. The Balaban J connectivity index is 1.71. The Kier molecular flexibility index (Phi) is 4.64. The maximum absolute atomic E-state index is 13.8. The van der Waals surface area contributed by atoms with E-state index in [-0.39, 0.29) is 37.0 Å². The molecule has 126 valence electrons. The highest BCUT2D eigenvalue weighted by Gasteiger charge is 2.31. The van der Waals surface area contributed by atoms with Crippen molar-refractivity contribution in [2.45, 2.75) is 4.90 Å². The number of carbonyl (C=O) groups is 1. The molecule has 5 nitrogen and oxygen atoms in total. The quantitative estimate of drug-likeness (QED) is 0.852. The zero-order chi connectivity index (χ0) is 17.2. The predicted molar refractivity (Wildman–Crippen MR) is 87.5 cm³/mol. The number of piperazine rings is 1. The summed E-state index contributed by atoms with van der Waals surface area (Å²) in [4.78, 5) is 13.7. The largest absolute Gasteiger partial charge is 0.336 e. The molecule has 0 N–H and O–H groups in total. The van der Waals surface area contributed by atoms with Gasteiger partial charge in [0, 0.05) is 31.7 Å². The summed E-state index contributed by atoms with van der Waals surface area (Å²) in [6.07, 6.45) is 0. The monoisotopic (exact) mass is 348 g/mol. The number of hydrogen-bond acceptors (Lipinski definition) is 3. The Bertz CT molecular complexity index is 832. The lowest BCUT2D eigenvalue weighted by Gasteiger charge is -2.34. The number of benzene rings is 2. The molecule has 1 heterocycles. The first kappa shape index (κ1) is 16.6. The van der Waals surface area contributed by atoms with Crippen LogP contribution in [0.1, 0.15) is 10.4 Å². The molecular weight excluding hydrogens is 331 g/mol. The number of halogens is 1. The number of sulfonamides is 1. The minimum atomic E-state index is -3.89. The van der Waals surface area contributed by atoms with Crippen molar-refractivity contribution in [3.05, 3.63) is 66.0 Å². The van der Waals surface area contributed by atoms with E-state index >= 15 is 0 Å². The molecule has 0 aliphatic carbocycles. The maximum Gasteiger partial charge on any atom is 0.253 e. The summed E-state index contributed by atoms with van der Waals surface area (Å²) in [7, 11) is -3.89. The molecule has 0 unspecified atom stereocenters. The zero-order valence-electron chi connectivity index (χ0n) is 12.9. The Morgan fingerprint density at radius 3 is 2.08 bits per heavy atom. The molecule has 0 radical (unpaired) electrons. The Morgan fingerprint density at radius 1 is 0.875 bits per heavy atom. The van der Waals surface area contributed by atoms with E-state index in [1.165, 1.54) is 22.5 Å². The van der Waals surface area contributed by atoms with Gasteiger partial charge in [-0.2, -0.15) is 4.31 Å². The number of amides is 1. The summed E-state index contributed by atoms with van der Waals surface area (Å²) >= 11 is 0. The Morgan fingerprint density at radius 2 is 1.46 bits per heavy atom. The first-order valence-corrected chi connectivity index (χ1v) is 9.03. The van der Waals surface area contributed by atoms with Crippen LogP contribution in [-0.2, 0) is 10.0 Å². The van der Waals surface area contributed by atoms with Gasteiger partial charge in [0.2, 0.25) is 10.0 Å². The molecule has 0 spiro atoms. The van der Waals surface area contributed by atoms with Crippen molar-refractivity contribution in [3.63, 3.8) is 0 Å². The van der Waals surface area contributed by atoms with Crippen LogP contribution >= 0.6 is 0 Å². The van der Waals surface area contributed by atoms with Crippen LogP contribution in [0.5, 0.6) is 0 Å². The lowest BCUT2D eigenvalue weighted by Crippen LogP contribution is -2.50. The van der Waals surface area contributed by atoms with Gasteiger partial charge in [0.1, 0.15) is 10.7 Å². The lowest BCUT2D eigenvalue weighted by molar-refractivity contribution is 0.0697. The van der Waals surface area contributed by atoms with Gasteiger partial charge in [-0.3, -0.25) is 4.79 Å². The zero-order valence-corrected chi connectivity index (χ0v) is 13.7. The van der Waals surface area contributed by atoms with Gasteiger partial charge in [0.05, 0.1) is 0 Å². The van der Waals surface area contributed by atoms with Crippen LogP contribution in [0, 0.1) is 5.82 Å². The first-order chi connectivity index (χ1) is 11.5. The molecule has 24 heavy (non-hydrogen) atoms. The van der Waals surface area contributed by atoms with Crippen LogP contribution in [-0.4, -0.2) is 49.7 Å². The van der Waals surface area contributed by atoms with Crippen molar-refractivity contribution in [3.8, 4) is 0 Å². The molecule has 1 aliphatic rings. The topological polar surface area (TPSA) is 57.7 Å². The average molecular weight is 348 g/mol. The molecule has 3 rings (SSSR count). The molecule has 1 amide bonds. The summed E-state index contributed by atoms with van der Waals surface area (Å²) in [6, 6.07) is 14.2. The molecular formula is C17H17FN2O3S. The smallest absolute Gasteiger partial charge is 0.253 e. The molecule has 1 fully saturated rings. The minimum Gasteiger partial charge on any atom is -0.336 e. The van der Waals surface area contributed by atoms with Crippen molar-refractivity contribution in [1.29, 1.82) is 0 Å². The average Bonchev–Trinajstić information content (AvgIpc) is 2.62. The van der Waals surface area contributed by atoms with Gasteiger partial charge < -0.3 is 4.90 Å². The summed E-state index contributed by atoms with van der Waals surface area (Å²) in [6.45, 7) is 0.854. The van der Waals surface area contributed by atoms with Crippen molar-refractivity contribution in [1.82, 2.24) is 9.21 Å². The fraction of sp³-hybridized carbons (Fsp3) is 0.235. The highest BCUT2D eigenvalue weighted by Crippen LogP contribution is 2.20. The van der Waals surface area contributed by atoms with Gasteiger partial charge in [-0.1, -0.05) is 30.3 Å². The van der Waals surface area contributed by atoms with E-state index in [1.807, 2.05) is 6.07 Å². The van der Waals surface area contributed by atoms with Crippen LogP contribution in [0.4, 0.5) is 4.39 Å². The maximum atomic E-state index is 13.8. The van der Waals surface area contributed by atoms with E-state index in [4.69, 9.17) is 0 Å². The molecule has 2 aromatic carbocycles. The number of hydrogen-bond donors (Lipinski definition) is 0. The summed E-state index contributed by atoms with van der Waals surface area (Å²) in [5, 5.41) is 0. The highest BCUT2D eigenvalue weighted by atomic mass is 32.2. The fourth-order valence-corrected chi connectivity index (χ4v) is 4.18. The van der Waals surface area contributed by atoms with Crippen LogP contribution in [0.3, 0.4) is 0 Å². The van der Waals surface area contributed by atoms with Gasteiger partial charge in [-0.15, -0.1) is 0 Å². The van der Waals surface area contributed by atoms with Gasteiger partial charge in [-0.25, -0.2) is 12.8 Å². The number of nitrogens with zero attached hydrogens (tertiary/aromatic N) is 2. The predicted octanol–water partition coefficient (Wildman–Crippen LogP) is 1.97. The van der Waals surface area contributed by atoms with Crippen LogP contribution < -0.4 is 0 Å². The molecule has 0 bridgehead atoms. The van der Waals surface area contributed by atoms with E-state index in [0.717, 1.165) is 6.07 Å². The Labute approximate surface area is 140 Å². The number of rotatable bonds is 3. The molecule has 1 aliphatic heterocycles. The van der Waals surface area contributed by atoms with Crippen LogP contribution in [0.25, 0.3) is 0 Å².